The van der Waals surface area contributed by atoms with Gasteiger partial charge in [-0.25, -0.2) is 0 Å². The van der Waals surface area contributed by atoms with Crippen LogP contribution in [0, 0.1) is 0 Å². The van der Waals surface area contributed by atoms with Gasteiger partial charge in [-0.15, -0.1) is 0 Å². The molecule has 1 aromatic rings. The Hall–Kier alpha value is -1.10. The molecule has 0 saturated carbocycles. The Kier molecular flexibility index (Phi) is 6.62. The molecule has 0 amide bonds. The first-order chi connectivity index (χ1) is 8.22. The Balaban J connectivity index is 2.06. The van der Waals surface area contributed by atoms with Crippen LogP contribution in [0.1, 0.15) is 25.7 Å². The van der Waals surface area contributed by atoms with E-state index < -0.39 is 0 Å². The van der Waals surface area contributed by atoms with Crippen LogP contribution in [0.25, 0.3) is 0 Å². The highest BCUT2D eigenvalue weighted by Crippen LogP contribution is 2.13. The zero-order valence-electron chi connectivity index (χ0n) is 9.91. The molecule has 0 fully saturated rings. The van der Waals surface area contributed by atoms with E-state index in [1.807, 2.05) is 6.07 Å². The van der Waals surface area contributed by atoms with Crippen molar-refractivity contribution in [1.29, 1.82) is 0 Å². The summed E-state index contributed by atoms with van der Waals surface area (Å²) >= 11 is 3.37. The molecule has 0 radical (unpaired) electrons. The molecule has 0 aliphatic heterocycles. The predicted molar refractivity (Wildman–Crippen MR) is 70.9 cm³/mol. The van der Waals surface area contributed by atoms with E-state index in [-0.39, 0.29) is 5.97 Å². The van der Waals surface area contributed by atoms with Crippen molar-refractivity contribution in [1.82, 2.24) is 4.98 Å². The molecule has 0 aliphatic carbocycles. The van der Waals surface area contributed by atoms with Gasteiger partial charge in [0, 0.05) is 23.6 Å². The molecule has 0 aromatic carbocycles. The molecule has 0 saturated heterocycles. The second-order valence-electron chi connectivity index (χ2n) is 3.71. The van der Waals surface area contributed by atoms with Gasteiger partial charge in [-0.05, 0) is 34.8 Å². The summed E-state index contributed by atoms with van der Waals surface area (Å²) in [5, 5.41) is 3.28. The van der Waals surface area contributed by atoms with Gasteiger partial charge in [-0.1, -0.05) is 6.42 Å². The Morgan fingerprint density at radius 3 is 2.94 bits per heavy atom. The Bertz CT molecular complexity index is 358. The lowest BCUT2D eigenvalue weighted by Gasteiger charge is -2.05. The van der Waals surface area contributed by atoms with E-state index in [1.165, 1.54) is 7.11 Å². The maximum atomic E-state index is 10.9. The normalized spacial score (nSPS) is 10.0. The average Bonchev–Trinajstić information content (AvgIpc) is 2.33. The van der Waals surface area contributed by atoms with Crippen LogP contribution in [-0.2, 0) is 9.53 Å². The third-order valence-corrected chi connectivity index (χ3v) is 2.75. The van der Waals surface area contributed by atoms with Crippen molar-refractivity contribution >= 4 is 27.6 Å². The molecule has 0 spiro atoms. The molecule has 4 nitrogen and oxygen atoms in total. The monoisotopic (exact) mass is 300 g/mol. The van der Waals surface area contributed by atoms with Gasteiger partial charge in [-0.2, -0.15) is 0 Å². The van der Waals surface area contributed by atoms with Gasteiger partial charge < -0.3 is 10.1 Å². The van der Waals surface area contributed by atoms with Crippen LogP contribution >= 0.6 is 15.9 Å². The third kappa shape index (κ3) is 6.26. The lowest BCUT2D eigenvalue weighted by atomic mass is 10.2. The predicted octanol–water partition coefficient (Wildman–Crippen LogP) is 2.99. The highest BCUT2D eigenvalue weighted by Gasteiger charge is 1.99. The van der Waals surface area contributed by atoms with Crippen LogP contribution in [0.3, 0.4) is 0 Å². The summed E-state index contributed by atoms with van der Waals surface area (Å²) in [6, 6.07) is 1.99. The molecule has 0 bridgehead atoms. The average molecular weight is 301 g/mol. The van der Waals surface area contributed by atoms with Crippen molar-refractivity contribution in [3.63, 3.8) is 0 Å². The number of nitrogens with zero attached hydrogens (tertiary/aromatic N) is 1. The second-order valence-corrected chi connectivity index (χ2v) is 4.62. The molecule has 0 atom stereocenters. The molecule has 1 aromatic heterocycles. The van der Waals surface area contributed by atoms with Crippen LogP contribution in [0.2, 0.25) is 0 Å². The summed E-state index contributed by atoms with van der Waals surface area (Å²) in [4.78, 5) is 14.9. The fraction of sp³-hybridized carbons (Fsp3) is 0.500. The number of hydrogen-bond acceptors (Lipinski definition) is 4. The van der Waals surface area contributed by atoms with Gasteiger partial charge in [-0.3, -0.25) is 9.78 Å². The van der Waals surface area contributed by atoms with Crippen LogP contribution in [-0.4, -0.2) is 24.6 Å². The van der Waals surface area contributed by atoms with Crippen molar-refractivity contribution in [3.05, 3.63) is 22.9 Å². The van der Waals surface area contributed by atoms with Crippen LogP contribution in [0.15, 0.2) is 22.9 Å². The number of methoxy groups -OCH3 is 1. The first-order valence-electron chi connectivity index (χ1n) is 5.63. The van der Waals surface area contributed by atoms with Gasteiger partial charge in [0.05, 0.1) is 19.0 Å². The maximum absolute atomic E-state index is 10.9. The number of carbonyl (C=O) groups excluding carboxylic acids is 1. The fourth-order valence-corrected chi connectivity index (χ4v) is 1.78. The van der Waals surface area contributed by atoms with E-state index in [9.17, 15) is 4.79 Å². The molecule has 94 valence electrons. The zero-order chi connectivity index (χ0) is 12.5. The van der Waals surface area contributed by atoms with Crippen molar-refractivity contribution in [3.8, 4) is 0 Å². The Labute approximate surface area is 110 Å². The number of ether oxygens (including phenoxy) is 1. The van der Waals surface area contributed by atoms with Crippen LogP contribution in [0.5, 0.6) is 0 Å². The Morgan fingerprint density at radius 2 is 2.24 bits per heavy atom. The van der Waals surface area contributed by atoms with Crippen molar-refractivity contribution in [2.45, 2.75) is 25.7 Å². The largest absolute Gasteiger partial charge is 0.469 e. The van der Waals surface area contributed by atoms with Crippen LogP contribution < -0.4 is 5.32 Å². The Morgan fingerprint density at radius 1 is 1.41 bits per heavy atom. The number of halogens is 1. The number of nitrogens with one attached hydrogen (secondary N) is 1. The second kappa shape index (κ2) is 8.06. The van der Waals surface area contributed by atoms with E-state index in [1.54, 1.807) is 12.4 Å². The molecule has 5 heteroatoms. The topological polar surface area (TPSA) is 51.2 Å². The molecule has 1 N–H and O–H groups in total. The quantitative estimate of drug-likeness (QED) is 0.621. The van der Waals surface area contributed by atoms with Gasteiger partial charge in [0.25, 0.3) is 0 Å². The molecule has 1 rings (SSSR count). The fourth-order valence-electron chi connectivity index (χ4n) is 1.41. The lowest BCUT2D eigenvalue weighted by Crippen LogP contribution is -2.03. The zero-order valence-corrected chi connectivity index (χ0v) is 11.5. The number of hydrogen-bond donors (Lipinski definition) is 1. The number of aromatic nitrogens is 1. The molecular weight excluding hydrogens is 284 g/mol. The molecule has 17 heavy (non-hydrogen) atoms. The summed E-state index contributed by atoms with van der Waals surface area (Å²) in [7, 11) is 1.42. The number of unbranched alkanes of at least 4 members (excludes halogenated alkanes) is 2. The van der Waals surface area contributed by atoms with Crippen molar-refractivity contribution in [2.75, 3.05) is 19.0 Å². The number of esters is 1. The van der Waals surface area contributed by atoms with E-state index in [2.05, 4.69) is 31.0 Å². The van der Waals surface area contributed by atoms with Gasteiger partial charge >= 0.3 is 5.97 Å². The highest BCUT2D eigenvalue weighted by atomic mass is 79.9. The van der Waals surface area contributed by atoms with Crippen molar-refractivity contribution in [2.24, 2.45) is 0 Å². The summed E-state index contributed by atoms with van der Waals surface area (Å²) < 4.78 is 5.54. The molecule has 0 unspecified atom stereocenters. The van der Waals surface area contributed by atoms with Crippen molar-refractivity contribution < 1.29 is 9.53 Å². The minimum atomic E-state index is -0.130. The molecular formula is C12H17BrN2O2. The summed E-state index contributed by atoms with van der Waals surface area (Å²) in [6.45, 7) is 0.888. The maximum Gasteiger partial charge on any atom is 0.305 e. The standard InChI is InChI=1S/C12H17BrN2O2/c1-17-12(16)5-3-2-4-6-15-11-7-10(13)8-14-9-11/h7-9,15H,2-6H2,1H3. The minimum Gasteiger partial charge on any atom is -0.469 e. The SMILES string of the molecule is COC(=O)CCCCCNc1cncc(Br)c1. The highest BCUT2D eigenvalue weighted by molar-refractivity contribution is 9.10. The lowest BCUT2D eigenvalue weighted by molar-refractivity contribution is -0.140. The molecule has 1 heterocycles. The van der Waals surface area contributed by atoms with Gasteiger partial charge in [0.2, 0.25) is 0 Å². The van der Waals surface area contributed by atoms with Gasteiger partial charge in [0.15, 0.2) is 0 Å². The van der Waals surface area contributed by atoms with E-state index >= 15 is 0 Å². The number of carbonyl (C=O) groups is 1. The molecule has 0 aliphatic rings. The smallest absolute Gasteiger partial charge is 0.305 e. The first kappa shape index (κ1) is 14.0. The van der Waals surface area contributed by atoms with Gasteiger partial charge in [0.1, 0.15) is 0 Å². The van der Waals surface area contributed by atoms with E-state index in [0.29, 0.717) is 6.42 Å². The minimum absolute atomic E-state index is 0.130. The third-order valence-electron chi connectivity index (χ3n) is 2.32. The van der Waals surface area contributed by atoms with E-state index in [0.717, 1.165) is 36.0 Å². The van der Waals surface area contributed by atoms with E-state index in [4.69, 9.17) is 0 Å². The summed E-state index contributed by atoms with van der Waals surface area (Å²) in [5.41, 5.74) is 1.01. The number of rotatable bonds is 7. The summed E-state index contributed by atoms with van der Waals surface area (Å²) in [6.07, 6.45) is 6.98. The number of anilines is 1. The number of pyridine rings is 1. The first-order valence-corrected chi connectivity index (χ1v) is 6.43. The summed E-state index contributed by atoms with van der Waals surface area (Å²) in [5.74, 6) is -0.130. The van der Waals surface area contributed by atoms with Crippen LogP contribution in [0.4, 0.5) is 5.69 Å².